The number of benzene rings is 7. The first-order chi connectivity index (χ1) is 25.5. The SMILES string of the molecule is C[Si]1(C)c2ccccc2-c2c(-c3ccccc3)cc(-c3nc(-c4ccccc4)nc(-c4cc(-c5ccccc5)c5c(c4)oc4ccccc45)n3)cc21. The first-order valence-electron chi connectivity index (χ1n) is 17.7. The molecule has 4 nitrogen and oxygen atoms in total. The molecule has 0 saturated carbocycles. The van der Waals surface area contributed by atoms with Crippen LogP contribution in [0.1, 0.15) is 0 Å². The Morgan fingerprint density at radius 2 is 0.923 bits per heavy atom. The fourth-order valence-electron chi connectivity index (χ4n) is 7.97. The maximum Gasteiger partial charge on any atom is 0.164 e. The van der Waals surface area contributed by atoms with Gasteiger partial charge in [-0.15, -0.1) is 0 Å². The van der Waals surface area contributed by atoms with E-state index in [1.54, 1.807) is 0 Å². The van der Waals surface area contributed by atoms with Gasteiger partial charge in [-0.25, -0.2) is 15.0 Å². The van der Waals surface area contributed by atoms with E-state index in [1.165, 1.54) is 32.6 Å². The lowest BCUT2D eigenvalue weighted by Crippen LogP contribution is -2.49. The van der Waals surface area contributed by atoms with Gasteiger partial charge in [0.05, 0.1) is 0 Å². The third kappa shape index (κ3) is 4.85. The van der Waals surface area contributed by atoms with Crippen molar-refractivity contribution in [2.45, 2.75) is 13.1 Å². The number of furan rings is 1. The maximum absolute atomic E-state index is 6.51. The van der Waals surface area contributed by atoms with E-state index in [1.807, 2.05) is 36.4 Å². The molecule has 52 heavy (non-hydrogen) atoms. The fraction of sp³-hybridized carbons (Fsp3) is 0.0426. The highest BCUT2D eigenvalue weighted by Gasteiger charge is 2.39. The lowest BCUT2D eigenvalue weighted by Gasteiger charge is -2.20. The molecule has 0 bridgehead atoms. The van der Waals surface area contributed by atoms with Crippen molar-refractivity contribution in [1.29, 1.82) is 0 Å². The Bertz CT molecular complexity index is 2810. The minimum atomic E-state index is -2.04. The summed E-state index contributed by atoms with van der Waals surface area (Å²) in [5.41, 5.74) is 11.7. The van der Waals surface area contributed by atoms with Crippen LogP contribution in [0, 0.1) is 0 Å². The first kappa shape index (κ1) is 30.4. The average molecular weight is 684 g/mol. The summed E-state index contributed by atoms with van der Waals surface area (Å²) in [4.78, 5) is 15.7. The topological polar surface area (TPSA) is 51.8 Å². The highest BCUT2D eigenvalue weighted by molar-refractivity contribution is 7.04. The van der Waals surface area contributed by atoms with Crippen molar-refractivity contribution in [3.8, 4) is 67.5 Å². The Kier molecular flexibility index (Phi) is 6.91. The molecule has 1 aliphatic heterocycles. The van der Waals surface area contributed by atoms with E-state index in [0.717, 1.165) is 49.8 Å². The summed E-state index contributed by atoms with van der Waals surface area (Å²) >= 11 is 0. The largest absolute Gasteiger partial charge is 0.456 e. The molecule has 0 N–H and O–H groups in total. The van der Waals surface area contributed by atoms with E-state index in [2.05, 4.69) is 140 Å². The van der Waals surface area contributed by atoms with Crippen molar-refractivity contribution >= 4 is 40.4 Å². The third-order valence-corrected chi connectivity index (χ3v) is 14.0. The van der Waals surface area contributed by atoms with Gasteiger partial charge in [-0.1, -0.05) is 153 Å². The van der Waals surface area contributed by atoms with E-state index in [4.69, 9.17) is 19.4 Å². The van der Waals surface area contributed by atoms with Crippen molar-refractivity contribution in [3.63, 3.8) is 0 Å². The van der Waals surface area contributed by atoms with Crippen LogP contribution in [0.25, 0.3) is 89.5 Å². The summed E-state index contributed by atoms with van der Waals surface area (Å²) in [5, 5.41) is 5.04. The number of hydrogen-bond donors (Lipinski definition) is 0. The van der Waals surface area contributed by atoms with Crippen LogP contribution in [0.2, 0.25) is 13.1 Å². The summed E-state index contributed by atoms with van der Waals surface area (Å²) in [6.07, 6.45) is 0. The first-order valence-corrected chi connectivity index (χ1v) is 20.7. The molecule has 7 aromatic carbocycles. The van der Waals surface area contributed by atoms with Crippen LogP contribution in [-0.4, -0.2) is 23.0 Å². The summed E-state index contributed by atoms with van der Waals surface area (Å²) < 4.78 is 6.51. The van der Waals surface area contributed by atoms with Gasteiger partial charge in [0, 0.05) is 27.5 Å². The Hall–Kier alpha value is -6.43. The van der Waals surface area contributed by atoms with Crippen LogP contribution in [0.3, 0.4) is 0 Å². The number of aromatic nitrogens is 3. The molecular formula is C47H33N3OSi. The van der Waals surface area contributed by atoms with Crippen LogP contribution < -0.4 is 10.4 Å². The lowest BCUT2D eigenvalue weighted by molar-refractivity contribution is 0.669. The second-order valence-corrected chi connectivity index (χ2v) is 18.3. The molecule has 2 aromatic heterocycles. The highest BCUT2D eigenvalue weighted by Crippen LogP contribution is 2.42. The molecule has 0 fully saturated rings. The van der Waals surface area contributed by atoms with E-state index in [9.17, 15) is 0 Å². The van der Waals surface area contributed by atoms with Gasteiger partial charge in [-0.2, -0.15) is 0 Å². The molecule has 0 amide bonds. The predicted molar refractivity (Wildman–Crippen MR) is 216 cm³/mol. The average Bonchev–Trinajstić information content (AvgIpc) is 3.70. The summed E-state index contributed by atoms with van der Waals surface area (Å²) in [6.45, 7) is 4.91. The molecule has 3 heterocycles. The molecule has 246 valence electrons. The normalized spacial score (nSPS) is 13.0. The zero-order valence-corrected chi connectivity index (χ0v) is 29.8. The number of nitrogens with zero attached hydrogens (tertiary/aromatic N) is 3. The smallest absolute Gasteiger partial charge is 0.164 e. The number of hydrogen-bond acceptors (Lipinski definition) is 4. The van der Waals surface area contributed by atoms with Crippen LogP contribution in [-0.2, 0) is 0 Å². The van der Waals surface area contributed by atoms with Crippen LogP contribution in [0.15, 0.2) is 168 Å². The standard InChI is InChI=1S/C47H33N3OSi/c1-52(2)41-25-15-13-23-36(41)44-38(31-18-8-4-9-19-31)27-34(29-42(44)52)47-49-45(32-20-10-5-11-21-32)48-46(50-47)33-26-37(30-16-6-3-7-17-30)43-35-22-12-14-24-39(35)51-40(43)28-33/h3-29H,1-2H3. The zero-order chi connectivity index (χ0) is 34.8. The molecule has 0 spiro atoms. The quantitative estimate of drug-likeness (QED) is 0.169. The van der Waals surface area contributed by atoms with Crippen molar-refractivity contribution in [3.05, 3.63) is 164 Å². The van der Waals surface area contributed by atoms with Gasteiger partial charge < -0.3 is 4.42 Å². The Morgan fingerprint density at radius 3 is 1.62 bits per heavy atom. The lowest BCUT2D eigenvalue weighted by atomic mass is 9.92. The van der Waals surface area contributed by atoms with Gasteiger partial charge in [0.15, 0.2) is 17.5 Å². The Labute approximate surface area is 303 Å². The molecule has 0 radical (unpaired) electrons. The third-order valence-electron chi connectivity index (χ3n) is 10.5. The van der Waals surface area contributed by atoms with Crippen LogP contribution >= 0.6 is 0 Å². The van der Waals surface area contributed by atoms with Gasteiger partial charge in [-0.05, 0) is 68.0 Å². The molecule has 0 atom stereocenters. The van der Waals surface area contributed by atoms with Crippen LogP contribution in [0.5, 0.6) is 0 Å². The molecule has 5 heteroatoms. The minimum Gasteiger partial charge on any atom is -0.456 e. The molecule has 1 aliphatic rings. The van der Waals surface area contributed by atoms with E-state index >= 15 is 0 Å². The van der Waals surface area contributed by atoms with Gasteiger partial charge in [-0.3, -0.25) is 0 Å². The summed E-state index contributed by atoms with van der Waals surface area (Å²) in [7, 11) is -2.04. The van der Waals surface area contributed by atoms with Crippen molar-refractivity contribution in [2.75, 3.05) is 0 Å². The minimum absolute atomic E-state index is 0.602. The second-order valence-electron chi connectivity index (χ2n) is 14.0. The van der Waals surface area contributed by atoms with Gasteiger partial charge in [0.25, 0.3) is 0 Å². The summed E-state index contributed by atoms with van der Waals surface area (Å²) in [6, 6.07) is 57.5. The molecule has 0 saturated heterocycles. The van der Waals surface area contributed by atoms with E-state index in [-0.39, 0.29) is 0 Å². The van der Waals surface area contributed by atoms with Gasteiger partial charge >= 0.3 is 0 Å². The van der Waals surface area contributed by atoms with Gasteiger partial charge in [0.1, 0.15) is 19.2 Å². The molecular weight excluding hydrogens is 651 g/mol. The Balaban J connectivity index is 1.25. The monoisotopic (exact) mass is 683 g/mol. The highest BCUT2D eigenvalue weighted by atomic mass is 28.3. The fourth-order valence-corrected chi connectivity index (χ4v) is 11.1. The molecule has 0 aliphatic carbocycles. The summed E-state index contributed by atoms with van der Waals surface area (Å²) in [5.74, 6) is 1.88. The number of fused-ring (bicyclic) bond motifs is 6. The number of para-hydroxylation sites is 1. The van der Waals surface area contributed by atoms with Crippen molar-refractivity contribution in [2.24, 2.45) is 0 Å². The number of rotatable bonds is 5. The predicted octanol–water partition coefficient (Wildman–Crippen LogP) is 10.9. The zero-order valence-electron chi connectivity index (χ0n) is 28.8. The van der Waals surface area contributed by atoms with E-state index < -0.39 is 8.07 Å². The van der Waals surface area contributed by atoms with Crippen molar-refractivity contribution < 1.29 is 4.42 Å². The maximum atomic E-state index is 6.51. The van der Waals surface area contributed by atoms with E-state index in [0.29, 0.717) is 17.5 Å². The Morgan fingerprint density at radius 1 is 0.404 bits per heavy atom. The van der Waals surface area contributed by atoms with Crippen molar-refractivity contribution in [1.82, 2.24) is 15.0 Å². The molecule has 10 rings (SSSR count). The van der Waals surface area contributed by atoms with Crippen LogP contribution in [0.4, 0.5) is 0 Å². The molecule has 0 unspecified atom stereocenters. The molecule has 9 aromatic rings. The second kappa shape index (κ2) is 11.8. The van der Waals surface area contributed by atoms with Gasteiger partial charge in [0.2, 0.25) is 0 Å².